The molecule has 0 radical (unpaired) electrons. The van der Waals surface area contributed by atoms with E-state index in [-0.39, 0.29) is 5.56 Å². The van der Waals surface area contributed by atoms with Gasteiger partial charge in [-0.05, 0) is 25.1 Å². The maximum Gasteiger partial charge on any atom is 0.433 e. The molecule has 2 heterocycles. The number of alkyl halides is 3. The number of nitrogens with zero attached hydrogens (tertiary/aromatic N) is 2. The third kappa shape index (κ3) is 4.96. The van der Waals surface area contributed by atoms with Gasteiger partial charge in [0.2, 0.25) is 0 Å². The molecule has 0 atom stereocenters. The maximum atomic E-state index is 12.4. The Balaban J connectivity index is 1.72. The van der Waals surface area contributed by atoms with Crippen LogP contribution in [0.5, 0.6) is 0 Å². The third-order valence-corrected chi connectivity index (χ3v) is 3.46. The van der Waals surface area contributed by atoms with Crippen LogP contribution in [0.1, 0.15) is 22.5 Å². The minimum Gasteiger partial charge on any atom is -0.352 e. The topological polar surface area (TPSA) is 57.3 Å². The molecule has 1 fully saturated rings. The van der Waals surface area contributed by atoms with Crippen molar-refractivity contribution < 1.29 is 18.0 Å². The van der Waals surface area contributed by atoms with Gasteiger partial charge in [0.15, 0.2) is 0 Å². The minimum absolute atomic E-state index is 0.134. The van der Waals surface area contributed by atoms with E-state index in [1.807, 2.05) is 0 Å². The summed E-state index contributed by atoms with van der Waals surface area (Å²) in [5.74, 6) is -0.401. The first-order valence-corrected chi connectivity index (χ1v) is 7.21. The van der Waals surface area contributed by atoms with E-state index in [1.54, 1.807) is 0 Å². The number of halogens is 3. The van der Waals surface area contributed by atoms with Crippen LogP contribution in [0.15, 0.2) is 18.3 Å². The van der Waals surface area contributed by atoms with E-state index in [9.17, 15) is 18.0 Å². The van der Waals surface area contributed by atoms with E-state index in [0.29, 0.717) is 6.54 Å². The Morgan fingerprint density at radius 2 is 2.05 bits per heavy atom. The lowest BCUT2D eigenvalue weighted by molar-refractivity contribution is -0.141. The van der Waals surface area contributed by atoms with E-state index in [1.165, 1.54) is 0 Å². The summed E-state index contributed by atoms with van der Waals surface area (Å²) < 4.78 is 37.1. The molecule has 122 valence electrons. The Morgan fingerprint density at radius 1 is 1.32 bits per heavy atom. The highest BCUT2D eigenvalue weighted by Gasteiger charge is 2.32. The number of amides is 1. The molecule has 2 N–H and O–H groups in total. The number of nitrogens with one attached hydrogen (secondary N) is 2. The van der Waals surface area contributed by atoms with Crippen LogP contribution >= 0.6 is 0 Å². The lowest BCUT2D eigenvalue weighted by atomic mass is 10.2. The lowest BCUT2D eigenvalue weighted by Gasteiger charge is -2.27. The van der Waals surface area contributed by atoms with Crippen LogP contribution in [0.2, 0.25) is 0 Å². The van der Waals surface area contributed by atoms with Crippen molar-refractivity contribution >= 4 is 5.91 Å². The summed E-state index contributed by atoms with van der Waals surface area (Å²) in [6, 6.07) is 1.96. The fraction of sp³-hybridized carbons (Fsp3) is 0.571. The van der Waals surface area contributed by atoms with Crippen LogP contribution in [0, 0.1) is 0 Å². The molecule has 0 aromatic carbocycles. The van der Waals surface area contributed by atoms with Gasteiger partial charge in [0.25, 0.3) is 5.91 Å². The molecule has 1 aliphatic heterocycles. The van der Waals surface area contributed by atoms with Gasteiger partial charge in [-0.2, -0.15) is 13.2 Å². The molecule has 0 bridgehead atoms. The van der Waals surface area contributed by atoms with Gasteiger partial charge in [0, 0.05) is 38.9 Å². The van der Waals surface area contributed by atoms with Crippen LogP contribution in [0.25, 0.3) is 0 Å². The number of hydrogen-bond acceptors (Lipinski definition) is 4. The summed E-state index contributed by atoms with van der Waals surface area (Å²) in [6.45, 7) is 5.33. The van der Waals surface area contributed by atoms with E-state index in [2.05, 4.69) is 20.5 Å². The van der Waals surface area contributed by atoms with Gasteiger partial charge in [-0.25, -0.2) is 0 Å². The van der Waals surface area contributed by atoms with Crippen LogP contribution in [0.3, 0.4) is 0 Å². The molecule has 1 aromatic rings. The summed E-state index contributed by atoms with van der Waals surface area (Å²) in [4.78, 5) is 17.4. The maximum absolute atomic E-state index is 12.4. The van der Waals surface area contributed by atoms with Crippen molar-refractivity contribution in [3.63, 3.8) is 0 Å². The largest absolute Gasteiger partial charge is 0.433 e. The van der Waals surface area contributed by atoms with E-state index in [4.69, 9.17) is 0 Å². The number of carbonyl (C=O) groups is 1. The Hall–Kier alpha value is -1.67. The molecule has 2 rings (SSSR count). The van der Waals surface area contributed by atoms with Gasteiger partial charge in [0.1, 0.15) is 5.69 Å². The van der Waals surface area contributed by atoms with Crippen molar-refractivity contribution in [1.82, 2.24) is 20.5 Å². The fourth-order valence-electron chi connectivity index (χ4n) is 2.24. The summed E-state index contributed by atoms with van der Waals surface area (Å²) in [5, 5.41) is 5.96. The highest BCUT2D eigenvalue weighted by molar-refractivity contribution is 5.93. The molecular weight excluding hydrogens is 297 g/mol. The predicted octanol–water partition coefficient (Wildman–Crippen LogP) is 1.13. The van der Waals surface area contributed by atoms with Crippen LogP contribution in [0.4, 0.5) is 13.2 Å². The molecule has 0 spiro atoms. The van der Waals surface area contributed by atoms with Crippen molar-refractivity contribution in [2.45, 2.75) is 12.6 Å². The van der Waals surface area contributed by atoms with E-state index in [0.717, 1.165) is 57.5 Å². The number of hydrogen-bond donors (Lipinski definition) is 2. The third-order valence-electron chi connectivity index (χ3n) is 3.46. The van der Waals surface area contributed by atoms with Crippen molar-refractivity contribution in [3.8, 4) is 0 Å². The van der Waals surface area contributed by atoms with Gasteiger partial charge in [-0.3, -0.25) is 9.78 Å². The molecule has 0 aliphatic carbocycles. The molecular formula is C14H19F3N4O. The van der Waals surface area contributed by atoms with E-state index < -0.39 is 17.8 Å². The first-order valence-electron chi connectivity index (χ1n) is 7.21. The molecule has 22 heavy (non-hydrogen) atoms. The van der Waals surface area contributed by atoms with Gasteiger partial charge >= 0.3 is 6.18 Å². The van der Waals surface area contributed by atoms with Crippen molar-refractivity contribution in [2.75, 3.05) is 39.3 Å². The summed E-state index contributed by atoms with van der Waals surface area (Å²) in [5.41, 5.74) is -0.863. The lowest BCUT2D eigenvalue weighted by Crippen LogP contribution is -2.44. The van der Waals surface area contributed by atoms with Crippen molar-refractivity contribution in [2.24, 2.45) is 0 Å². The first-order chi connectivity index (χ1) is 10.5. The second-order valence-corrected chi connectivity index (χ2v) is 5.13. The average Bonchev–Trinajstić information content (AvgIpc) is 2.52. The first kappa shape index (κ1) is 16.7. The van der Waals surface area contributed by atoms with Crippen LogP contribution in [-0.2, 0) is 6.18 Å². The van der Waals surface area contributed by atoms with Crippen LogP contribution < -0.4 is 10.6 Å². The molecule has 8 heteroatoms. The minimum atomic E-state index is -4.49. The quantitative estimate of drug-likeness (QED) is 0.800. The van der Waals surface area contributed by atoms with Gasteiger partial charge < -0.3 is 15.5 Å². The average molecular weight is 316 g/mol. The Morgan fingerprint density at radius 3 is 2.64 bits per heavy atom. The summed E-state index contributed by atoms with van der Waals surface area (Å²) >= 11 is 0. The zero-order chi connectivity index (χ0) is 16.0. The molecule has 0 unspecified atom stereocenters. The molecule has 1 amide bonds. The van der Waals surface area contributed by atoms with Gasteiger partial charge in [0.05, 0.1) is 5.56 Å². The number of piperazine rings is 1. The normalized spacial score (nSPS) is 16.5. The second kappa shape index (κ2) is 7.55. The van der Waals surface area contributed by atoms with E-state index >= 15 is 0 Å². The number of carbonyl (C=O) groups excluding carboxylic acids is 1. The van der Waals surface area contributed by atoms with Crippen molar-refractivity contribution in [1.29, 1.82) is 0 Å². The number of rotatable bonds is 5. The number of pyridine rings is 1. The monoisotopic (exact) mass is 316 g/mol. The molecule has 1 aromatic heterocycles. The molecule has 1 aliphatic rings. The zero-order valence-electron chi connectivity index (χ0n) is 12.1. The molecule has 5 nitrogen and oxygen atoms in total. The Bertz CT molecular complexity index is 484. The Labute approximate surface area is 126 Å². The van der Waals surface area contributed by atoms with Gasteiger partial charge in [-0.1, -0.05) is 0 Å². The van der Waals surface area contributed by atoms with Crippen molar-refractivity contribution in [3.05, 3.63) is 29.6 Å². The fourth-order valence-corrected chi connectivity index (χ4v) is 2.24. The highest BCUT2D eigenvalue weighted by atomic mass is 19.4. The standard InChI is InChI=1S/C14H19F3N4O/c15-14(16,17)12-3-2-11(10-20-12)13(22)19-4-1-7-21-8-5-18-6-9-21/h2-3,10,18H,1,4-9H2,(H,19,22). The zero-order valence-corrected chi connectivity index (χ0v) is 12.1. The number of aromatic nitrogens is 1. The summed E-state index contributed by atoms with van der Waals surface area (Å²) in [6.07, 6.45) is -2.73. The molecule has 0 saturated carbocycles. The second-order valence-electron chi connectivity index (χ2n) is 5.13. The predicted molar refractivity (Wildman–Crippen MR) is 75.5 cm³/mol. The van der Waals surface area contributed by atoms with Crippen LogP contribution in [-0.4, -0.2) is 55.1 Å². The van der Waals surface area contributed by atoms with Gasteiger partial charge in [-0.15, -0.1) is 0 Å². The highest BCUT2D eigenvalue weighted by Crippen LogP contribution is 2.27. The molecule has 1 saturated heterocycles. The Kier molecular flexibility index (Phi) is 5.73. The summed E-state index contributed by atoms with van der Waals surface area (Å²) in [7, 11) is 0. The SMILES string of the molecule is O=C(NCCCN1CCNCC1)c1ccc(C(F)(F)F)nc1. The smallest absolute Gasteiger partial charge is 0.352 e.